The van der Waals surface area contributed by atoms with Crippen molar-refractivity contribution in [2.24, 2.45) is 0 Å². The van der Waals surface area contributed by atoms with Gasteiger partial charge in [0.25, 0.3) is 0 Å². The smallest absolute Gasteiger partial charge is 0.405 e. The second kappa shape index (κ2) is 4.92. The van der Waals surface area contributed by atoms with Gasteiger partial charge >= 0.3 is 6.18 Å². The molecule has 0 spiro atoms. The number of aromatic hydroxyl groups is 1. The van der Waals surface area contributed by atoms with Crippen LogP contribution in [0.4, 0.5) is 13.2 Å². The third kappa shape index (κ3) is 4.72. The molecule has 0 fully saturated rings. The molecule has 0 radical (unpaired) electrons. The molecule has 1 rings (SSSR count). The lowest BCUT2D eigenvalue weighted by Gasteiger charge is -2.09. The molecule has 5 heteroatoms. The molecule has 0 saturated carbocycles. The Hall–Kier alpha value is -1.65. The van der Waals surface area contributed by atoms with Gasteiger partial charge in [0, 0.05) is 5.70 Å². The second-order valence-corrected chi connectivity index (χ2v) is 3.39. The van der Waals surface area contributed by atoms with Gasteiger partial charge in [-0.05, 0) is 30.7 Å². The van der Waals surface area contributed by atoms with Crippen LogP contribution in [-0.4, -0.2) is 17.8 Å². The number of phenols is 1. The van der Waals surface area contributed by atoms with Crippen LogP contribution in [0, 0.1) is 0 Å². The van der Waals surface area contributed by atoms with Gasteiger partial charge in [-0.25, -0.2) is 0 Å². The fraction of sp³-hybridized carbons (Fsp3) is 0.273. The van der Waals surface area contributed by atoms with Crippen LogP contribution in [0.15, 0.2) is 30.0 Å². The van der Waals surface area contributed by atoms with E-state index in [1.54, 1.807) is 12.1 Å². The van der Waals surface area contributed by atoms with Crippen molar-refractivity contribution >= 4 is 6.08 Å². The van der Waals surface area contributed by atoms with E-state index in [1.165, 1.54) is 25.1 Å². The van der Waals surface area contributed by atoms with Gasteiger partial charge in [-0.15, -0.1) is 0 Å². The van der Waals surface area contributed by atoms with E-state index in [1.807, 2.05) is 0 Å². The Kier molecular flexibility index (Phi) is 3.82. The Balaban J connectivity index is 2.63. The highest BCUT2D eigenvalue weighted by Gasteiger charge is 2.26. The number of hydrogen-bond acceptors (Lipinski definition) is 2. The summed E-state index contributed by atoms with van der Waals surface area (Å²) >= 11 is 0. The van der Waals surface area contributed by atoms with Crippen LogP contribution in [-0.2, 0) is 0 Å². The quantitative estimate of drug-likeness (QED) is 0.838. The molecule has 0 saturated heterocycles. The zero-order valence-electron chi connectivity index (χ0n) is 8.67. The number of allylic oxidation sites excluding steroid dienone is 1. The van der Waals surface area contributed by atoms with Crippen molar-refractivity contribution in [2.75, 3.05) is 6.54 Å². The number of rotatable bonds is 3. The molecule has 0 aliphatic heterocycles. The fourth-order valence-corrected chi connectivity index (χ4v) is 1.16. The molecule has 0 heterocycles. The van der Waals surface area contributed by atoms with Crippen LogP contribution < -0.4 is 5.32 Å². The predicted molar refractivity (Wildman–Crippen MR) is 55.8 cm³/mol. The van der Waals surface area contributed by atoms with Crippen LogP contribution in [0.1, 0.15) is 12.5 Å². The third-order valence-electron chi connectivity index (χ3n) is 1.82. The van der Waals surface area contributed by atoms with Crippen LogP contribution >= 0.6 is 0 Å². The molecule has 0 atom stereocenters. The van der Waals surface area contributed by atoms with Gasteiger partial charge in [-0.1, -0.05) is 12.1 Å². The molecule has 0 bridgehead atoms. The van der Waals surface area contributed by atoms with E-state index in [-0.39, 0.29) is 5.75 Å². The van der Waals surface area contributed by atoms with E-state index in [0.717, 1.165) is 0 Å². The Bertz CT molecular complexity index is 385. The average molecular weight is 231 g/mol. The van der Waals surface area contributed by atoms with E-state index in [2.05, 4.69) is 5.32 Å². The standard InChI is InChI=1S/C11H12F3NO/c1-8(15-7-11(12,13)14)5-9-3-2-4-10(16)6-9/h2-6,15-16H,7H2,1H3/b8-5+. The van der Waals surface area contributed by atoms with Gasteiger partial charge in [0.2, 0.25) is 0 Å². The van der Waals surface area contributed by atoms with Gasteiger partial charge in [-0.3, -0.25) is 0 Å². The van der Waals surface area contributed by atoms with Crippen molar-refractivity contribution in [1.82, 2.24) is 5.32 Å². The molecule has 2 N–H and O–H groups in total. The SMILES string of the molecule is C/C(=C\c1cccc(O)c1)NCC(F)(F)F. The van der Waals surface area contributed by atoms with Gasteiger partial charge in [0.05, 0.1) is 0 Å². The first-order valence-electron chi connectivity index (χ1n) is 4.65. The largest absolute Gasteiger partial charge is 0.508 e. The first kappa shape index (κ1) is 12.4. The van der Waals surface area contributed by atoms with Gasteiger partial charge in [0.15, 0.2) is 0 Å². The number of halogens is 3. The minimum Gasteiger partial charge on any atom is -0.508 e. The van der Waals surface area contributed by atoms with E-state index >= 15 is 0 Å². The van der Waals surface area contributed by atoms with E-state index in [9.17, 15) is 13.2 Å². The summed E-state index contributed by atoms with van der Waals surface area (Å²) in [7, 11) is 0. The Labute approximate surface area is 91.4 Å². The molecule has 0 aliphatic rings. The summed E-state index contributed by atoms with van der Waals surface area (Å²) < 4.78 is 35.7. The van der Waals surface area contributed by atoms with E-state index in [4.69, 9.17) is 5.11 Å². The number of nitrogens with one attached hydrogen (secondary N) is 1. The summed E-state index contributed by atoms with van der Waals surface area (Å²) in [6, 6.07) is 6.28. The van der Waals surface area contributed by atoms with Crippen LogP contribution in [0.5, 0.6) is 5.75 Å². The lowest BCUT2D eigenvalue weighted by atomic mass is 10.2. The number of phenolic OH excluding ortho intramolecular Hbond substituents is 1. The molecule has 0 unspecified atom stereocenters. The highest BCUT2D eigenvalue weighted by atomic mass is 19.4. The topological polar surface area (TPSA) is 32.3 Å². The first-order chi connectivity index (χ1) is 7.37. The van der Waals surface area contributed by atoms with Crippen molar-refractivity contribution < 1.29 is 18.3 Å². The van der Waals surface area contributed by atoms with Gasteiger partial charge in [0.1, 0.15) is 12.3 Å². The minimum atomic E-state index is -4.23. The molecule has 1 aromatic rings. The van der Waals surface area contributed by atoms with Crippen molar-refractivity contribution in [1.29, 1.82) is 0 Å². The molecule has 0 amide bonds. The number of hydrogen-bond donors (Lipinski definition) is 2. The average Bonchev–Trinajstić information content (AvgIpc) is 2.14. The summed E-state index contributed by atoms with van der Waals surface area (Å²) in [5.41, 5.74) is 1.04. The Morgan fingerprint density at radius 2 is 2.12 bits per heavy atom. The summed E-state index contributed by atoms with van der Waals surface area (Å²) in [6.07, 6.45) is -2.70. The maximum absolute atomic E-state index is 11.9. The molecular weight excluding hydrogens is 219 g/mol. The maximum Gasteiger partial charge on any atom is 0.405 e. The van der Waals surface area contributed by atoms with Gasteiger partial charge in [-0.2, -0.15) is 13.2 Å². The third-order valence-corrected chi connectivity index (χ3v) is 1.82. The monoisotopic (exact) mass is 231 g/mol. The summed E-state index contributed by atoms with van der Waals surface area (Å²) in [5.74, 6) is 0.0809. The molecule has 1 aromatic carbocycles. The summed E-state index contributed by atoms with van der Waals surface area (Å²) in [6.45, 7) is 0.476. The molecule has 16 heavy (non-hydrogen) atoms. The van der Waals surface area contributed by atoms with Gasteiger partial charge < -0.3 is 10.4 Å². The first-order valence-corrected chi connectivity index (χ1v) is 4.65. The lowest BCUT2D eigenvalue weighted by molar-refractivity contribution is -0.123. The van der Waals surface area contributed by atoms with Crippen molar-refractivity contribution in [3.05, 3.63) is 35.5 Å². The van der Waals surface area contributed by atoms with Crippen molar-refractivity contribution in [3.8, 4) is 5.75 Å². The summed E-state index contributed by atoms with van der Waals surface area (Å²) in [5, 5.41) is 11.4. The lowest BCUT2D eigenvalue weighted by Crippen LogP contribution is -2.27. The molecule has 88 valence electrons. The van der Waals surface area contributed by atoms with E-state index in [0.29, 0.717) is 11.3 Å². The normalized spacial score (nSPS) is 12.6. The van der Waals surface area contributed by atoms with Crippen molar-refractivity contribution in [3.63, 3.8) is 0 Å². The van der Waals surface area contributed by atoms with Crippen LogP contribution in [0.2, 0.25) is 0 Å². The highest BCUT2D eigenvalue weighted by molar-refractivity contribution is 5.53. The number of benzene rings is 1. The fourth-order valence-electron chi connectivity index (χ4n) is 1.16. The van der Waals surface area contributed by atoms with Crippen LogP contribution in [0.25, 0.3) is 6.08 Å². The second-order valence-electron chi connectivity index (χ2n) is 3.39. The predicted octanol–water partition coefficient (Wildman–Crippen LogP) is 2.90. The Morgan fingerprint density at radius 1 is 1.44 bits per heavy atom. The molecular formula is C11H12F3NO. The molecule has 0 aromatic heterocycles. The minimum absolute atomic E-state index is 0.0809. The molecule has 0 aliphatic carbocycles. The van der Waals surface area contributed by atoms with Crippen molar-refractivity contribution in [2.45, 2.75) is 13.1 Å². The highest BCUT2D eigenvalue weighted by Crippen LogP contribution is 2.15. The maximum atomic E-state index is 11.9. The zero-order valence-corrected chi connectivity index (χ0v) is 8.67. The zero-order chi connectivity index (χ0) is 12.2. The van der Waals surface area contributed by atoms with E-state index < -0.39 is 12.7 Å². The Morgan fingerprint density at radius 3 is 2.69 bits per heavy atom. The van der Waals surface area contributed by atoms with Crippen LogP contribution in [0.3, 0.4) is 0 Å². The summed E-state index contributed by atoms with van der Waals surface area (Å²) in [4.78, 5) is 0. The molecule has 2 nitrogen and oxygen atoms in total. The number of alkyl halides is 3.